The zero-order valence-electron chi connectivity index (χ0n) is 16.5. The van der Waals surface area contributed by atoms with Crippen LogP contribution in [0, 0.1) is 30.1 Å². The third-order valence-corrected chi connectivity index (χ3v) is 7.43. The van der Waals surface area contributed by atoms with Gasteiger partial charge in [0, 0.05) is 18.4 Å². The van der Waals surface area contributed by atoms with Gasteiger partial charge in [0.25, 0.3) is 0 Å². The molecule has 1 amide bonds. The SMILES string of the molecule is CC[C@@H](CO)N(Cc1ccccc1C)C(=O)C12CC3C[C@H](C1)C(=O)[C@@H](C3)C2. The Bertz CT molecular complexity index is 721. The minimum absolute atomic E-state index is 0.0145. The van der Waals surface area contributed by atoms with E-state index in [2.05, 4.69) is 19.1 Å². The number of amides is 1. The second-order valence-electron chi connectivity index (χ2n) is 9.13. The minimum Gasteiger partial charge on any atom is -0.394 e. The van der Waals surface area contributed by atoms with Crippen LogP contribution in [0.2, 0.25) is 0 Å². The molecule has 4 fully saturated rings. The molecule has 4 bridgehead atoms. The molecule has 27 heavy (non-hydrogen) atoms. The average molecular weight is 370 g/mol. The van der Waals surface area contributed by atoms with Gasteiger partial charge in [-0.25, -0.2) is 0 Å². The van der Waals surface area contributed by atoms with E-state index in [4.69, 9.17) is 0 Å². The number of carbonyl (C=O) groups is 2. The summed E-state index contributed by atoms with van der Waals surface area (Å²) in [4.78, 5) is 28.3. The van der Waals surface area contributed by atoms with Gasteiger partial charge in [0.05, 0.1) is 18.1 Å². The molecule has 146 valence electrons. The van der Waals surface area contributed by atoms with Crippen molar-refractivity contribution in [3.8, 4) is 0 Å². The topological polar surface area (TPSA) is 57.6 Å². The predicted octanol–water partition coefficient (Wildman–Crippen LogP) is 3.49. The van der Waals surface area contributed by atoms with Crippen molar-refractivity contribution in [3.05, 3.63) is 35.4 Å². The Kier molecular flexibility index (Phi) is 4.87. The molecule has 2 unspecified atom stereocenters. The second kappa shape index (κ2) is 7.05. The van der Waals surface area contributed by atoms with E-state index in [0.29, 0.717) is 18.2 Å². The number of rotatable bonds is 6. The van der Waals surface area contributed by atoms with Crippen molar-refractivity contribution < 1.29 is 14.7 Å². The third kappa shape index (κ3) is 3.12. The largest absolute Gasteiger partial charge is 0.394 e. The average Bonchev–Trinajstić information content (AvgIpc) is 2.66. The summed E-state index contributed by atoms with van der Waals surface area (Å²) < 4.78 is 0. The quantitative estimate of drug-likeness (QED) is 0.835. The van der Waals surface area contributed by atoms with E-state index in [1.807, 2.05) is 24.0 Å². The van der Waals surface area contributed by atoms with Crippen LogP contribution < -0.4 is 0 Å². The zero-order valence-corrected chi connectivity index (χ0v) is 16.5. The smallest absolute Gasteiger partial charge is 0.229 e. The first kappa shape index (κ1) is 18.7. The predicted molar refractivity (Wildman–Crippen MR) is 104 cm³/mol. The number of nitrogens with zero attached hydrogens (tertiary/aromatic N) is 1. The van der Waals surface area contributed by atoms with E-state index < -0.39 is 0 Å². The highest BCUT2D eigenvalue weighted by atomic mass is 16.3. The first-order valence-corrected chi connectivity index (χ1v) is 10.5. The van der Waals surface area contributed by atoms with Gasteiger partial charge in [0.1, 0.15) is 5.78 Å². The number of hydrogen-bond donors (Lipinski definition) is 1. The van der Waals surface area contributed by atoms with E-state index >= 15 is 0 Å². The van der Waals surface area contributed by atoms with Gasteiger partial charge in [-0.05, 0) is 62.5 Å². The second-order valence-corrected chi connectivity index (χ2v) is 9.13. The van der Waals surface area contributed by atoms with Gasteiger partial charge in [-0.1, -0.05) is 31.2 Å². The molecule has 5 atom stereocenters. The van der Waals surface area contributed by atoms with Crippen molar-refractivity contribution in [2.24, 2.45) is 23.2 Å². The van der Waals surface area contributed by atoms with E-state index in [-0.39, 0.29) is 35.8 Å². The maximum absolute atomic E-state index is 13.9. The molecule has 1 aromatic carbocycles. The first-order valence-electron chi connectivity index (χ1n) is 10.5. The lowest BCUT2D eigenvalue weighted by Gasteiger charge is -2.56. The Balaban J connectivity index is 1.65. The van der Waals surface area contributed by atoms with Crippen molar-refractivity contribution >= 4 is 11.7 Å². The number of Topliss-reactive ketones (excluding diaryl/α,β-unsaturated/α-hetero) is 1. The summed E-state index contributed by atoms with van der Waals surface area (Å²) in [7, 11) is 0. The molecule has 5 rings (SSSR count). The van der Waals surface area contributed by atoms with Crippen molar-refractivity contribution in [2.75, 3.05) is 6.61 Å². The third-order valence-electron chi connectivity index (χ3n) is 7.43. The van der Waals surface area contributed by atoms with Crippen LogP contribution in [0.1, 0.15) is 56.6 Å². The Morgan fingerprint density at radius 1 is 1.22 bits per heavy atom. The van der Waals surface area contributed by atoms with Gasteiger partial charge in [-0.15, -0.1) is 0 Å². The minimum atomic E-state index is -0.379. The van der Waals surface area contributed by atoms with Crippen LogP contribution in [0.15, 0.2) is 24.3 Å². The summed E-state index contributed by atoms with van der Waals surface area (Å²) in [5, 5.41) is 9.97. The molecule has 4 aliphatic carbocycles. The summed E-state index contributed by atoms with van der Waals surface area (Å²) in [5.74, 6) is 1.30. The molecule has 1 aromatic rings. The van der Waals surface area contributed by atoms with Crippen molar-refractivity contribution in [1.29, 1.82) is 0 Å². The summed E-state index contributed by atoms with van der Waals surface area (Å²) in [6, 6.07) is 8.00. The number of benzene rings is 1. The molecule has 4 aliphatic rings. The van der Waals surface area contributed by atoms with Gasteiger partial charge in [0.2, 0.25) is 5.91 Å². The Labute approximate surface area is 161 Å². The van der Waals surface area contributed by atoms with Crippen molar-refractivity contribution in [2.45, 2.75) is 65.0 Å². The van der Waals surface area contributed by atoms with Crippen LogP contribution in [-0.4, -0.2) is 34.3 Å². The molecular formula is C23H31NO3. The van der Waals surface area contributed by atoms with Gasteiger partial charge >= 0.3 is 0 Å². The van der Waals surface area contributed by atoms with Gasteiger partial charge in [0.15, 0.2) is 0 Å². The number of aryl methyl sites for hydroxylation is 1. The molecule has 0 radical (unpaired) electrons. The molecule has 0 spiro atoms. The fraction of sp³-hybridized carbons (Fsp3) is 0.652. The van der Waals surface area contributed by atoms with E-state index in [0.717, 1.165) is 44.1 Å². The first-order chi connectivity index (χ1) is 13.0. The highest BCUT2D eigenvalue weighted by Gasteiger charge is 2.59. The number of aliphatic hydroxyl groups excluding tert-OH is 1. The van der Waals surface area contributed by atoms with Crippen molar-refractivity contribution in [3.63, 3.8) is 0 Å². The summed E-state index contributed by atoms with van der Waals surface area (Å²) >= 11 is 0. The maximum atomic E-state index is 13.9. The number of hydrogen-bond acceptors (Lipinski definition) is 3. The lowest BCUT2D eigenvalue weighted by Crippen LogP contribution is -2.59. The summed E-state index contributed by atoms with van der Waals surface area (Å²) in [6.07, 6.45) is 5.09. The van der Waals surface area contributed by atoms with Crippen molar-refractivity contribution in [1.82, 2.24) is 4.90 Å². The Morgan fingerprint density at radius 2 is 1.89 bits per heavy atom. The lowest BCUT2D eigenvalue weighted by molar-refractivity contribution is -0.167. The fourth-order valence-corrected chi connectivity index (χ4v) is 6.10. The number of carbonyl (C=O) groups excluding carboxylic acids is 2. The summed E-state index contributed by atoms with van der Waals surface area (Å²) in [6.45, 7) is 4.63. The van der Waals surface area contributed by atoms with Gasteiger partial charge < -0.3 is 10.0 Å². The fourth-order valence-electron chi connectivity index (χ4n) is 6.10. The molecule has 0 heterocycles. The highest BCUT2D eigenvalue weighted by Crippen LogP contribution is 2.59. The van der Waals surface area contributed by atoms with Crippen LogP contribution in [0.4, 0.5) is 0 Å². The van der Waals surface area contributed by atoms with Crippen LogP contribution in [0.25, 0.3) is 0 Å². The molecule has 1 N–H and O–H groups in total. The van der Waals surface area contributed by atoms with E-state index in [1.54, 1.807) is 0 Å². The highest BCUT2D eigenvalue weighted by molar-refractivity contribution is 5.91. The van der Waals surface area contributed by atoms with E-state index in [1.165, 1.54) is 5.56 Å². The van der Waals surface area contributed by atoms with Gasteiger partial charge in [-0.2, -0.15) is 0 Å². The van der Waals surface area contributed by atoms with Crippen LogP contribution in [0.3, 0.4) is 0 Å². The van der Waals surface area contributed by atoms with Crippen LogP contribution in [0.5, 0.6) is 0 Å². The van der Waals surface area contributed by atoms with Gasteiger partial charge in [-0.3, -0.25) is 9.59 Å². The monoisotopic (exact) mass is 369 g/mol. The molecule has 0 saturated heterocycles. The maximum Gasteiger partial charge on any atom is 0.229 e. The summed E-state index contributed by atoms with van der Waals surface area (Å²) in [5.41, 5.74) is 1.93. The zero-order chi connectivity index (χ0) is 19.2. The standard InChI is InChI=1S/C23H31NO3/c1-3-20(14-25)24(13-17-7-5-4-6-15(17)2)22(27)23-10-16-8-18(11-23)21(26)19(9-16)12-23/h4-7,16,18-20,25H,3,8-14H2,1-2H3/t16?,18-,19+,20-,23?/m0/s1. The van der Waals surface area contributed by atoms with E-state index in [9.17, 15) is 14.7 Å². The molecule has 4 nitrogen and oxygen atoms in total. The normalized spacial score (nSPS) is 32.6. The molecule has 0 aromatic heterocycles. The Hall–Kier alpha value is -1.68. The van der Waals surface area contributed by atoms with Crippen LogP contribution in [-0.2, 0) is 16.1 Å². The number of ketones is 1. The lowest BCUT2D eigenvalue weighted by atomic mass is 9.48. The molecule has 4 heteroatoms. The van der Waals surface area contributed by atoms with Crippen LogP contribution >= 0.6 is 0 Å². The molecular weight excluding hydrogens is 338 g/mol. The Morgan fingerprint density at radius 3 is 2.48 bits per heavy atom. The molecule has 0 aliphatic heterocycles. The number of aliphatic hydroxyl groups is 1. The molecule has 4 saturated carbocycles.